The number of halogens is 3. The first kappa shape index (κ1) is 29.1. The highest BCUT2D eigenvalue weighted by molar-refractivity contribution is 6.00. The topological polar surface area (TPSA) is 121 Å². The fraction of sp³-hybridized carbons (Fsp3) is 0.394. The van der Waals surface area contributed by atoms with Gasteiger partial charge in [0, 0.05) is 64.8 Å². The first-order valence-corrected chi connectivity index (χ1v) is 14.9. The molecule has 3 heterocycles. The lowest BCUT2D eigenvalue weighted by Gasteiger charge is -2.22. The molecule has 2 fully saturated rings. The molecule has 0 spiro atoms. The molecule has 45 heavy (non-hydrogen) atoms. The number of rotatable bonds is 9. The minimum atomic E-state index is -1.50. The molecule has 0 bridgehead atoms. The van der Waals surface area contributed by atoms with E-state index in [1.807, 2.05) is 0 Å². The van der Waals surface area contributed by atoms with Crippen LogP contribution in [0.2, 0.25) is 0 Å². The van der Waals surface area contributed by atoms with Gasteiger partial charge in [0.05, 0.1) is 7.11 Å². The monoisotopic (exact) mass is 619 g/mol. The molecule has 3 N–H and O–H groups in total. The van der Waals surface area contributed by atoms with Crippen LogP contribution in [0.15, 0.2) is 36.5 Å². The smallest absolute Gasteiger partial charge is 0.251 e. The lowest BCUT2D eigenvalue weighted by molar-refractivity contribution is -0.123. The number of alkyl halides is 1. The van der Waals surface area contributed by atoms with E-state index < -0.39 is 28.7 Å². The van der Waals surface area contributed by atoms with Crippen molar-refractivity contribution in [1.82, 2.24) is 20.1 Å². The van der Waals surface area contributed by atoms with Crippen LogP contribution in [0.3, 0.4) is 0 Å². The van der Waals surface area contributed by atoms with Gasteiger partial charge < -0.3 is 20.5 Å². The maximum absolute atomic E-state index is 15.4. The van der Waals surface area contributed by atoms with E-state index in [1.165, 1.54) is 30.8 Å². The number of carbonyl (C=O) groups is 2. The molecule has 0 unspecified atom stereocenters. The maximum Gasteiger partial charge on any atom is 0.251 e. The van der Waals surface area contributed by atoms with Gasteiger partial charge in [-0.3, -0.25) is 9.59 Å². The van der Waals surface area contributed by atoms with Crippen LogP contribution in [0.25, 0.3) is 22.2 Å². The molecule has 7 rings (SSSR count). The summed E-state index contributed by atoms with van der Waals surface area (Å²) in [6.45, 7) is 3.15. The van der Waals surface area contributed by atoms with Gasteiger partial charge in [-0.15, -0.1) is 0 Å². The van der Waals surface area contributed by atoms with E-state index >= 15 is 4.39 Å². The molecular formula is C33H32F3N5O4. The zero-order valence-corrected chi connectivity index (χ0v) is 25.0. The molecule has 9 nitrogen and oxygen atoms in total. The molecule has 2 saturated carbocycles. The molecule has 2 aliphatic carbocycles. The van der Waals surface area contributed by atoms with E-state index in [2.05, 4.69) is 10.4 Å². The average Bonchev–Trinajstić information content (AvgIpc) is 3.93. The van der Waals surface area contributed by atoms with Crippen molar-refractivity contribution in [1.29, 1.82) is 0 Å². The number of primary amides is 1. The Hall–Kier alpha value is -4.61. The minimum absolute atomic E-state index is 0.0431. The summed E-state index contributed by atoms with van der Waals surface area (Å²) in [6.07, 6.45) is 4.14. The number of fused-ring (bicyclic) bond motifs is 2. The third-order valence-electron chi connectivity index (χ3n) is 9.39. The van der Waals surface area contributed by atoms with Crippen LogP contribution in [-0.4, -0.2) is 46.8 Å². The third-order valence-corrected chi connectivity index (χ3v) is 9.39. The summed E-state index contributed by atoms with van der Waals surface area (Å²) in [7, 11) is 1.47. The third kappa shape index (κ3) is 4.77. The highest BCUT2D eigenvalue weighted by Gasteiger charge is 2.47. The van der Waals surface area contributed by atoms with Crippen LogP contribution < -0.4 is 20.5 Å². The number of nitrogens with zero attached hydrogens (tertiary/aromatic N) is 3. The quantitative estimate of drug-likeness (QED) is 0.267. The van der Waals surface area contributed by atoms with Gasteiger partial charge in [0.25, 0.3) is 5.91 Å². The Balaban J connectivity index is 1.24. The molecule has 234 valence electrons. The number of benzene rings is 2. The number of nitrogens with two attached hydrogens (primary N) is 1. The number of methoxy groups -OCH3 is 1. The van der Waals surface area contributed by atoms with E-state index in [0.29, 0.717) is 46.3 Å². The number of hydrogen-bond donors (Lipinski definition) is 2. The largest absolute Gasteiger partial charge is 0.494 e. The van der Waals surface area contributed by atoms with Crippen molar-refractivity contribution in [3.63, 3.8) is 0 Å². The normalized spacial score (nSPS) is 20.4. The Kier molecular flexibility index (Phi) is 6.61. The summed E-state index contributed by atoms with van der Waals surface area (Å²) in [5, 5.41) is 7.93. The second-order valence-electron chi connectivity index (χ2n) is 12.6. The van der Waals surface area contributed by atoms with Gasteiger partial charge in [-0.2, -0.15) is 5.10 Å². The standard InChI is InChI=1S/C33H32F3N5O4/c1-16-23(34)7-6-20(26(16)35)28-29-22(32(2,15-45-29)31(37)43)12-24(39-28)21(17-4-5-17)13-38-30(42)18-10-19-14-41(33(36)8-9-33)40-27(19)25(11-18)44-3/h6-7,10-12,14,17,21H,4-5,8-9,13,15H2,1-3H3,(H2,37,43)(H,38,42)/t21-,32-/m0/s1. The van der Waals surface area contributed by atoms with Gasteiger partial charge >= 0.3 is 0 Å². The SMILES string of the molecule is COc1cc(C(=O)NC[C@H](c2cc3c(c(-c4ccc(F)c(C)c4F)n2)OC[C@]3(C)C(N)=O)C2CC2)cc2cn(C3(F)CC3)nc12. The Morgan fingerprint density at radius 2 is 1.98 bits per heavy atom. The number of hydrogen-bond acceptors (Lipinski definition) is 6. The van der Waals surface area contributed by atoms with E-state index in [4.69, 9.17) is 20.2 Å². The zero-order valence-electron chi connectivity index (χ0n) is 25.0. The lowest BCUT2D eigenvalue weighted by Crippen LogP contribution is -2.40. The number of carbonyl (C=O) groups excluding carboxylic acids is 2. The number of nitrogens with one attached hydrogen (secondary N) is 1. The average molecular weight is 620 g/mol. The van der Waals surface area contributed by atoms with Crippen molar-refractivity contribution in [2.75, 3.05) is 20.3 Å². The van der Waals surface area contributed by atoms with E-state index in [9.17, 15) is 18.4 Å². The van der Waals surface area contributed by atoms with Crippen molar-refractivity contribution in [2.45, 2.75) is 56.7 Å². The maximum atomic E-state index is 15.4. The Morgan fingerprint density at radius 3 is 2.64 bits per heavy atom. The van der Waals surface area contributed by atoms with Crippen LogP contribution in [-0.2, 0) is 16.0 Å². The second kappa shape index (κ2) is 10.2. The summed E-state index contributed by atoms with van der Waals surface area (Å²) in [5.74, 6) is -3.47. The molecule has 0 radical (unpaired) electrons. The molecule has 2 aromatic carbocycles. The summed E-state index contributed by atoms with van der Waals surface area (Å²) in [4.78, 5) is 30.9. The number of aromatic nitrogens is 3. The lowest BCUT2D eigenvalue weighted by atomic mass is 9.82. The summed E-state index contributed by atoms with van der Waals surface area (Å²) in [5.41, 5.74) is 6.44. The molecule has 0 saturated heterocycles. The number of amides is 2. The molecule has 2 atom stereocenters. The molecule has 4 aromatic rings. The number of pyridine rings is 1. The fourth-order valence-corrected chi connectivity index (χ4v) is 6.07. The highest BCUT2D eigenvalue weighted by Crippen LogP contribution is 2.49. The minimum Gasteiger partial charge on any atom is -0.494 e. The van der Waals surface area contributed by atoms with Crippen LogP contribution in [0, 0.1) is 24.5 Å². The molecule has 2 aromatic heterocycles. The van der Waals surface area contributed by atoms with Crippen molar-refractivity contribution >= 4 is 22.7 Å². The summed E-state index contributed by atoms with van der Waals surface area (Å²) < 4.78 is 57.0. The van der Waals surface area contributed by atoms with Gasteiger partial charge in [0.1, 0.15) is 46.4 Å². The van der Waals surface area contributed by atoms with E-state index in [-0.39, 0.29) is 53.5 Å². The zero-order chi connectivity index (χ0) is 31.8. The molecule has 12 heteroatoms. The van der Waals surface area contributed by atoms with Gasteiger partial charge in [-0.25, -0.2) is 22.8 Å². The van der Waals surface area contributed by atoms with Crippen LogP contribution in [0.4, 0.5) is 13.2 Å². The first-order valence-electron chi connectivity index (χ1n) is 14.9. The predicted octanol–water partition coefficient (Wildman–Crippen LogP) is 5.17. The van der Waals surface area contributed by atoms with Gasteiger partial charge in [-0.1, -0.05) is 0 Å². The molecular weight excluding hydrogens is 587 g/mol. The Bertz CT molecular complexity index is 1900. The Labute approximate surface area is 256 Å². The summed E-state index contributed by atoms with van der Waals surface area (Å²) >= 11 is 0. The molecule has 2 amide bonds. The van der Waals surface area contributed by atoms with Crippen molar-refractivity contribution < 1.29 is 32.2 Å². The van der Waals surface area contributed by atoms with Gasteiger partial charge in [-0.05, 0) is 62.9 Å². The second-order valence-corrected chi connectivity index (χ2v) is 12.6. The first-order chi connectivity index (χ1) is 21.4. The van der Waals surface area contributed by atoms with Crippen molar-refractivity contribution in [2.24, 2.45) is 11.7 Å². The molecule has 3 aliphatic rings. The summed E-state index contributed by atoms with van der Waals surface area (Å²) in [6, 6.07) is 7.45. The number of ether oxygens (including phenoxy) is 2. The fourth-order valence-electron chi connectivity index (χ4n) is 6.07. The van der Waals surface area contributed by atoms with E-state index in [0.717, 1.165) is 12.8 Å². The van der Waals surface area contributed by atoms with Gasteiger partial charge in [0.2, 0.25) is 11.7 Å². The van der Waals surface area contributed by atoms with Gasteiger partial charge in [0.15, 0.2) is 0 Å². The van der Waals surface area contributed by atoms with Crippen LogP contribution in [0.1, 0.15) is 65.7 Å². The van der Waals surface area contributed by atoms with Crippen LogP contribution in [0.5, 0.6) is 11.5 Å². The van der Waals surface area contributed by atoms with Crippen LogP contribution >= 0.6 is 0 Å². The van der Waals surface area contributed by atoms with Crippen molar-refractivity contribution in [3.8, 4) is 22.8 Å². The molecule has 1 aliphatic heterocycles. The van der Waals surface area contributed by atoms with E-state index in [1.54, 1.807) is 31.3 Å². The highest BCUT2D eigenvalue weighted by atomic mass is 19.2. The predicted molar refractivity (Wildman–Crippen MR) is 159 cm³/mol. The van der Waals surface area contributed by atoms with Crippen molar-refractivity contribution in [3.05, 3.63) is 70.5 Å². The Morgan fingerprint density at radius 1 is 1.22 bits per heavy atom.